The van der Waals surface area contributed by atoms with E-state index in [0.29, 0.717) is 5.56 Å². The van der Waals surface area contributed by atoms with Gasteiger partial charge in [-0.25, -0.2) is 0 Å². The van der Waals surface area contributed by atoms with E-state index >= 15 is 0 Å². The minimum absolute atomic E-state index is 0.0337. The number of hydrogen-bond acceptors (Lipinski definition) is 3. The predicted molar refractivity (Wildman–Crippen MR) is 65.2 cm³/mol. The monoisotopic (exact) mass is 215 g/mol. The molecule has 84 valence electrons. The summed E-state index contributed by atoms with van der Waals surface area (Å²) in [7, 11) is 0. The van der Waals surface area contributed by atoms with E-state index in [1.807, 2.05) is 24.3 Å². The molecule has 0 spiro atoms. The topological polar surface area (TPSA) is 53.0 Å². The summed E-state index contributed by atoms with van der Waals surface area (Å²) in [6, 6.07) is 10.1. The second kappa shape index (κ2) is 3.80. The highest BCUT2D eigenvalue weighted by atomic mass is 15.2. The molecule has 3 nitrogen and oxygen atoms in total. The van der Waals surface area contributed by atoms with Crippen molar-refractivity contribution < 1.29 is 0 Å². The minimum atomic E-state index is -0.0337. The van der Waals surface area contributed by atoms with Gasteiger partial charge < -0.3 is 10.6 Å². The lowest BCUT2D eigenvalue weighted by molar-refractivity contribution is 0.453. The van der Waals surface area contributed by atoms with Gasteiger partial charge in [-0.15, -0.1) is 0 Å². The summed E-state index contributed by atoms with van der Waals surface area (Å²) in [4.78, 5) is 2.29. The third kappa shape index (κ3) is 1.66. The lowest BCUT2D eigenvalue weighted by Crippen LogP contribution is -2.48. The van der Waals surface area contributed by atoms with Gasteiger partial charge in [0, 0.05) is 23.8 Å². The van der Waals surface area contributed by atoms with Crippen LogP contribution in [0.15, 0.2) is 24.3 Å². The zero-order valence-electron chi connectivity index (χ0n) is 9.77. The summed E-state index contributed by atoms with van der Waals surface area (Å²) in [6.45, 7) is 5.27. The SMILES string of the molecule is CC1(C)C(N)CCN1c1cccc(C#N)c1. The maximum Gasteiger partial charge on any atom is 0.0992 e. The van der Waals surface area contributed by atoms with Gasteiger partial charge in [-0.05, 0) is 38.5 Å². The molecule has 0 radical (unpaired) electrons. The first-order valence-corrected chi connectivity index (χ1v) is 5.59. The molecular weight excluding hydrogens is 198 g/mol. The van der Waals surface area contributed by atoms with E-state index in [9.17, 15) is 0 Å². The highest BCUT2D eigenvalue weighted by Crippen LogP contribution is 2.33. The van der Waals surface area contributed by atoms with Crippen molar-refractivity contribution in [1.29, 1.82) is 5.26 Å². The molecule has 1 aromatic carbocycles. The fourth-order valence-corrected chi connectivity index (χ4v) is 2.31. The third-order valence-electron chi connectivity index (χ3n) is 3.55. The Morgan fingerprint density at radius 2 is 2.25 bits per heavy atom. The van der Waals surface area contributed by atoms with Crippen molar-refractivity contribution in [3.05, 3.63) is 29.8 Å². The number of rotatable bonds is 1. The molecule has 1 aromatic rings. The van der Waals surface area contributed by atoms with Crippen molar-refractivity contribution in [3.63, 3.8) is 0 Å². The Labute approximate surface area is 96.5 Å². The summed E-state index contributed by atoms with van der Waals surface area (Å²) in [5.41, 5.74) is 7.87. The zero-order chi connectivity index (χ0) is 11.8. The van der Waals surface area contributed by atoms with Crippen LogP contribution in [0.25, 0.3) is 0 Å². The maximum absolute atomic E-state index is 8.89. The molecule has 1 aliphatic heterocycles. The van der Waals surface area contributed by atoms with Crippen molar-refractivity contribution in [2.24, 2.45) is 5.73 Å². The Morgan fingerprint density at radius 3 is 2.81 bits per heavy atom. The van der Waals surface area contributed by atoms with Crippen LogP contribution >= 0.6 is 0 Å². The molecule has 1 saturated heterocycles. The first-order valence-electron chi connectivity index (χ1n) is 5.59. The smallest absolute Gasteiger partial charge is 0.0992 e. The van der Waals surface area contributed by atoms with Crippen LogP contribution in [0.5, 0.6) is 0 Å². The van der Waals surface area contributed by atoms with Gasteiger partial charge in [0.2, 0.25) is 0 Å². The molecule has 0 amide bonds. The summed E-state index contributed by atoms with van der Waals surface area (Å²) >= 11 is 0. The summed E-state index contributed by atoms with van der Waals surface area (Å²) < 4.78 is 0. The molecule has 3 heteroatoms. The molecule has 2 rings (SSSR count). The average Bonchev–Trinajstić information content (AvgIpc) is 2.54. The minimum Gasteiger partial charge on any atom is -0.365 e. The zero-order valence-corrected chi connectivity index (χ0v) is 9.77. The first kappa shape index (κ1) is 11.0. The number of nitriles is 1. The third-order valence-corrected chi connectivity index (χ3v) is 3.55. The average molecular weight is 215 g/mol. The molecule has 0 aromatic heterocycles. The Hall–Kier alpha value is -1.53. The van der Waals surface area contributed by atoms with Gasteiger partial charge in [0.15, 0.2) is 0 Å². The molecule has 16 heavy (non-hydrogen) atoms. The summed E-state index contributed by atoms with van der Waals surface area (Å²) in [6.07, 6.45) is 1.00. The summed E-state index contributed by atoms with van der Waals surface area (Å²) in [5.74, 6) is 0. The number of benzene rings is 1. The number of nitrogens with zero attached hydrogens (tertiary/aromatic N) is 2. The molecule has 2 N–H and O–H groups in total. The van der Waals surface area contributed by atoms with Crippen molar-refractivity contribution in [2.75, 3.05) is 11.4 Å². The second-order valence-electron chi connectivity index (χ2n) is 4.86. The van der Waals surface area contributed by atoms with Crippen LogP contribution in [0.1, 0.15) is 25.8 Å². The van der Waals surface area contributed by atoms with E-state index in [-0.39, 0.29) is 11.6 Å². The molecule has 1 heterocycles. The van der Waals surface area contributed by atoms with Crippen LogP contribution in [0.3, 0.4) is 0 Å². The molecule has 0 saturated carbocycles. The Bertz CT molecular complexity index is 431. The van der Waals surface area contributed by atoms with Crippen LogP contribution in [0, 0.1) is 11.3 Å². The van der Waals surface area contributed by atoms with Crippen molar-refractivity contribution in [3.8, 4) is 6.07 Å². The molecule has 1 unspecified atom stereocenters. The molecule has 0 aliphatic carbocycles. The van der Waals surface area contributed by atoms with Crippen LogP contribution in [-0.4, -0.2) is 18.1 Å². The van der Waals surface area contributed by atoms with Gasteiger partial charge in [-0.2, -0.15) is 5.26 Å². The number of nitrogens with two attached hydrogens (primary N) is 1. The van der Waals surface area contributed by atoms with Crippen LogP contribution in [-0.2, 0) is 0 Å². The van der Waals surface area contributed by atoms with Gasteiger partial charge in [-0.1, -0.05) is 6.07 Å². The number of hydrogen-bond donors (Lipinski definition) is 1. The van der Waals surface area contributed by atoms with Crippen LogP contribution < -0.4 is 10.6 Å². The van der Waals surface area contributed by atoms with Crippen molar-refractivity contribution in [1.82, 2.24) is 0 Å². The lowest BCUT2D eigenvalue weighted by atomic mass is 9.96. The Morgan fingerprint density at radius 1 is 1.50 bits per heavy atom. The second-order valence-corrected chi connectivity index (χ2v) is 4.86. The lowest BCUT2D eigenvalue weighted by Gasteiger charge is -2.36. The normalized spacial score (nSPS) is 23.1. The molecular formula is C13H17N3. The van der Waals surface area contributed by atoms with E-state index in [4.69, 9.17) is 11.0 Å². The number of anilines is 1. The van der Waals surface area contributed by atoms with Gasteiger partial charge in [0.05, 0.1) is 11.6 Å². The fraction of sp³-hybridized carbons (Fsp3) is 0.462. The molecule has 1 atom stereocenters. The van der Waals surface area contributed by atoms with Crippen molar-refractivity contribution >= 4 is 5.69 Å². The van der Waals surface area contributed by atoms with E-state index in [2.05, 4.69) is 24.8 Å². The van der Waals surface area contributed by atoms with Crippen LogP contribution in [0.4, 0.5) is 5.69 Å². The highest BCUT2D eigenvalue weighted by molar-refractivity contribution is 5.54. The van der Waals surface area contributed by atoms with E-state index < -0.39 is 0 Å². The first-order chi connectivity index (χ1) is 7.55. The maximum atomic E-state index is 8.89. The molecule has 0 bridgehead atoms. The van der Waals surface area contributed by atoms with Gasteiger partial charge in [-0.3, -0.25) is 0 Å². The molecule has 1 aliphatic rings. The van der Waals surface area contributed by atoms with Crippen molar-refractivity contribution in [2.45, 2.75) is 31.8 Å². The Kier molecular flexibility index (Phi) is 2.61. The van der Waals surface area contributed by atoms with Gasteiger partial charge in [0.25, 0.3) is 0 Å². The fourth-order valence-electron chi connectivity index (χ4n) is 2.31. The Balaban J connectivity index is 2.35. The van der Waals surface area contributed by atoms with Gasteiger partial charge >= 0.3 is 0 Å². The predicted octanol–water partition coefficient (Wildman–Crippen LogP) is 1.87. The quantitative estimate of drug-likeness (QED) is 0.778. The summed E-state index contributed by atoms with van der Waals surface area (Å²) in [5, 5.41) is 8.89. The van der Waals surface area contributed by atoms with E-state index in [1.54, 1.807) is 0 Å². The molecule has 1 fully saturated rings. The van der Waals surface area contributed by atoms with E-state index in [1.165, 1.54) is 0 Å². The van der Waals surface area contributed by atoms with Crippen LogP contribution in [0.2, 0.25) is 0 Å². The highest BCUT2D eigenvalue weighted by Gasteiger charge is 2.38. The van der Waals surface area contributed by atoms with Gasteiger partial charge in [0.1, 0.15) is 0 Å². The standard InChI is InChI=1S/C13H17N3/c1-13(2)12(15)6-7-16(13)11-5-3-4-10(8-11)9-14/h3-5,8,12H,6-7,15H2,1-2H3. The van der Waals surface area contributed by atoms with E-state index in [0.717, 1.165) is 18.7 Å². The largest absolute Gasteiger partial charge is 0.365 e.